The maximum absolute atomic E-state index is 10.8. The summed E-state index contributed by atoms with van der Waals surface area (Å²) < 4.78 is 0. The van der Waals surface area contributed by atoms with E-state index in [4.69, 9.17) is 11.6 Å². The van der Waals surface area contributed by atoms with Crippen molar-refractivity contribution in [3.63, 3.8) is 0 Å². The fourth-order valence-corrected chi connectivity index (χ4v) is 2.89. The highest BCUT2D eigenvalue weighted by atomic mass is 35.5. The third-order valence-corrected chi connectivity index (χ3v) is 4.24. The van der Waals surface area contributed by atoms with E-state index in [1.165, 1.54) is 25.0 Å². The van der Waals surface area contributed by atoms with Crippen LogP contribution in [-0.4, -0.2) is 36.0 Å². The van der Waals surface area contributed by atoms with Crippen molar-refractivity contribution in [3.05, 3.63) is 33.3 Å². The molecule has 1 fully saturated rings. The van der Waals surface area contributed by atoms with E-state index in [9.17, 15) is 10.1 Å². The van der Waals surface area contributed by atoms with E-state index >= 15 is 0 Å². The van der Waals surface area contributed by atoms with Crippen molar-refractivity contribution in [1.29, 1.82) is 0 Å². The first-order valence-corrected chi connectivity index (χ1v) is 7.24. The molecule has 1 heterocycles. The van der Waals surface area contributed by atoms with Crippen molar-refractivity contribution in [2.75, 3.05) is 25.5 Å². The highest BCUT2D eigenvalue weighted by Gasteiger charge is 2.23. The summed E-state index contributed by atoms with van der Waals surface area (Å²) in [7, 11) is 2.12. The molecule has 0 bridgehead atoms. The molecule has 1 N–H and O–H groups in total. The van der Waals surface area contributed by atoms with Gasteiger partial charge in [0, 0.05) is 24.7 Å². The summed E-state index contributed by atoms with van der Waals surface area (Å²) in [4.78, 5) is 12.7. The minimum Gasteiger partial charge on any atom is -0.381 e. The lowest BCUT2D eigenvalue weighted by Gasteiger charge is -2.34. The molecule has 5 nitrogen and oxygen atoms in total. The van der Waals surface area contributed by atoms with Crippen LogP contribution in [-0.2, 0) is 0 Å². The molecule has 110 valence electrons. The second-order valence-corrected chi connectivity index (χ2v) is 5.93. The van der Waals surface area contributed by atoms with Gasteiger partial charge in [0.1, 0.15) is 0 Å². The van der Waals surface area contributed by atoms with Gasteiger partial charge < -0.3 is 10.2 Å². The Morgan fingerprint density at radius 3 is 2.95 bits per heavy atom. The molecule has 1 aliphatic rings. The Kier molecular flexibility index (Phi) is 4.83. The zero-order chi connectivity index (χ0) is 14.7. The Hall–Kier alpha value is -1.33. The summed E-state index contributed by atoms with van der Waals surface area (Å²) in [5, 5.41) is 14.7. The van der Waals surface area contributed by atoms with Gasteiger partial charge in [-0.2, -0.15) is 0 Å². The molecule has 6 heteroatoms. The topological polar surface area (TPSA) is 58.4 Å². The van der Waals surface area contributed by atoms with Gasteiger partial charge in [-0.15, -0.1) is 0 Å². The molecule has 2 unspecified atom stereocenters. The zero-order valence-electron chi connectivity index (χ0n) is 11.8. The molecular formula is C14H20ClN3O2. The minimum absolute atomic E-state index is 0.0601. The number of non-ortho nitro benzene ring substituents is 1. The summed E-state index contributed by atoms with van der Waals surface area (Å²) in [6, 6.07) is 4.73. The molecule has 1 aromatic carbocycles. The van der Waals surface area contributed by atoms with Gasteiger partial charge in [0.2, 0.25) is 0 Å². The van der Waals surface area contributed by atoms with Gasteiger partial charge in [-0.3, -0.25) is 10.1 Å². The number of anilines is 1. The van der Waals surface area contributed by atoms with Crippen molar-refractivity contribution in [3.8, 4) is 0 Å². The van der Waals surface area contributed by atoms with Crippen LogP contribution in [0.3, 0.4) is 0 Å². The van der Waals surface area contributed by atoms with Gasteiger partial charge in [-0.25, -0.2) is 0 Å². The molecule has 0 amide bonds. The first kappa shape index (κ1) is 15.1. The van der Waals surface area contributed by atoms with E-state index < -0.39 is 4.92 Å². The Morgan fingerprint density at radius 2 is 2.30 bits per heavy atom. The second kappa shape index (κ2) is 6.41. The summed E-state index contributed by atoms with van der Waals surface area (Å²) >= 11 is 6.12. The first-order valence-electron chi connectivity index (χ1n) is 6.86. The Labute approximate surface area is 124 Å². The Morgan fingerprint density at radius 1 is 1.55 bits per heavy atom. The van der Waals surface area contributed by atoms with Crippen molar-refractivity contribution >= 4 is 23.0 Å². The molecule has 2 rings (SSSR count). The summed E-state index contributed by atoms with van der Waals surface area (Å²) in [5.74, 6) is 0.532. The predicted octanol–water partition coefficient (Wildman–Crippen LogP) is 3.39. The maximum atomic E-state index is 10.8. The molecule has 2 atom stereocenters. The lowest BCUT2D eigenvalue weighted by Crippen LogP contribution is -2.39. The number of nitro groups is 1. The molecule has 0 saturated carbocycles. The molecule has 1 aliphatic heterocycles. The van der Waals surface area contributed by atoms with Gasteiger partial charge in [0.05, 0.1) is 15.6 Å². The molecule has 20 heavy (non-hydrogen) atoms. The van der Waals surface area contributed by atoms with E-state index in [1.54, 1.807) is 6.07 Å². The van der Waals surface area contributed by atoms with Crippen LogP contribution in [0.5, 0.6) is 0 Å². The predicted molar refractivity (Wildman–Crippen MR) is 81.4 cm³/mol. The van der Waals surface area contributed by atoms with Gasteiger partial charge in [0.15, 0.2) is 0 Å². The van der Waals surface area contributed by atoms with Gasteiger partial charge in [0.25, 0.3) is 5.69 Å². The summed E-state index contributed by atoms with van der Waals surface area (Å²) in [6.45, 7) is 4.29. The number of piperidine rings is 1. The fourth-order valence-electron chi connectivity index (χ4n) is 2.71. The van der Waals surface area contributed by atoms with E-state index in [2.05, 4.69) is 24.2 Å². The molecule has 1 saturated heterocycles. The normalized spacial score (nSPS) is 21.4. The van der Waals surface area contributed by atoms with Crippen LogP contribution in [0.15, 0.2) is 18.2 Å². The summed E-state index contributed by atoms with van der Waals surface area (Å²) in [5.41, 5.74) is 0.700. The molecule has 0 aromatic heterocycles. The highest BCUT2D eigenvalue weighted by molar-refractivity contribution is 6.33. The number of nitro benzene ring substituents is 1. The van der Waals surface area contributed by atoms with E-state index in [1.807, 2.05) is 0 Å². The zero-order valence-corrected chi connectivity index (χ0v) is 12.6. The fraction of sp³-hybridized carbons (Fsp3) is 0.571. The molecule has 0 spiro atoms. The number of hydrogen-bond donors (Lipinski definition) is 1. The lowest BCUT2D eigenvalue weighted by molar-refractivity contribution is -0.384. The lowest BCUT2D eigenvalue weighted by atomic mass is 9.91. The number of benzene rings is 1. The number of hydrogen-bond acceptors (Lipinski definition) is 4. The van der Waals surface area contributed by atoms with Gasteiger partial charge in [-0.05, 0) is 45.3 Å². The van der Waals surface area contributed by atoms with Crippen LogP contribution in [0, 0.1) is 16.0 Å². The van der Waals surface area contributed by atoms with E-state index in [0.717, 1.165) is 13.1 Å². The first-order chi connectivity index (χ1) is 9.47. The van der Waals surface area contributed by atoms with Crippen molar-refractivity contribution < 1.29 is 4.92 Å². The monoisotopic (exact) mass is 297 g/mol. The van der Waals surface area contributed by atoms with Gasteiger partial charge in [-0.1, -0.05) is 11.6 Å². The van der Waals surface area contributed by atoms with E-state index in [-0.39, 0.29) is 11.7 Å². The van der Waals surface area contributed by atoms with Crippen LogP contribution >= 0.6 is 11.6 Å². The van der Waals surface area contributed by atoms with Crippen molar-refractivity contribution in [2.45, 2.75) is 25.8 Å². The number of rotatable bonds is 4. The van der Waals surface area contributed by atoms with Crippen LogP contribution in [0.25, 0.3) is 0 Å². The number of halogens is 1. The average molecular weight is 298 g/mol. The summed E-state index contributed by atoms with van der Waals surface area (Å²) in [6.07, 6.45) is 2.36. The van der Waals surface area contributed by atoms with Crippen LogP contribution in [0.4, 0.5) is 11.4 Å². The molecular weight excluding hydrogens is 278 g/mol. The van der Waals surface area contributed by atoms with Gasteiger partial charge >= 0.3 is 0 Å². The third kappa shape index (κ3) is 3.61. The molecule has 0 radical (unpaired) electrons. The largest absolute Gasteiger partial charge is 0.381 e. The second-order valence-electron chi connectivity index (χ2n) is 5.52. The molecule has 0 aliphatic carbocycles. The van der Waals surface area contributed by atoms with Crippen molar-refractivity contribution in [2.24, 2.45) is 5.92 Å². The SMILES string of the molecule is CC(Nc1cc([N+](=O)[O-])ccc1Cl)C1CCCN(C)C1. The Balaban J connectivity index is 2.08. The minimum atomic E-state index is -0.402. The van der Waals surface area contributed by atoms with Crippen LogP contribution < -0.4 is 5.32 Å². The standard InChI is InChI=1S/C14H20ClN3O2/c1-10(11-4-3-7-17(2)9-11)16-14-8-12(18(19)20)5-6-13(14)15/h5-6,8,10-11,16H,3-4,7,9H2,1-2H3. The molecule has 1 aromatic rings. The third-order valence-electron chi connectivity index (χ3n) is 3.91. The number of nitrogens with one attached hydrogen (secondary N) is 1. The van der Waals surface area contributed by atoms with Crippen LogP contribution in [0.2, 0.25) is 5.02 Å². The highest BCUT2D eigenvalue weighted by Crippen LogP contribution is 2.29. The van der Waals surface area contributed by atoms with E-state index in [0.29, 0.717) is 16.6 Å². The smallest absolute Gasteiger partial charge is 0.271 e. The quantitative estimate of drug-likeness (QED) is 0.683. The maximum Gasteiger partial charge on any atom is 0.271 e. The number of likely N-dealkylation sites (tertiary alicyclic amines) is 1. The number of nitrogens with zero attached hydrogens (tertiary/aromatic N) is 2. The van der Waals surface area contributed by atoms with Crippen molar-refractivity contribution in [1.82, 2.24) is 4.90 Å². The van der Waals surface area contributed by atoms with Crippen LogP contribution in [0.1, 0.15) is 19.8 Å². The Bertz CT molecular complexity index is 495. The average Bonchev–Trinajstić information content (AvgIpc) is 2.41.